The van der Waals surface area contributed by atoms with Gasteiger partial charge in [0.15, 0.2) is 5.79 Å². The molecule has 0 aliphatic carbocycles. The molecule has 2 aliphatic heterocycles. The van der Waals surface area contributed by atoms with Crippen LogP contribution < -0.4 is 0 Å². The number of nitrogens with zero attached hydrogens (tertiary/aromatic N) is 2. The van der Waals surface area contributed by atoms with Crippen LogP contribution in [0.3, 0.4) is 0 Å². The zero-order chi connectivity index (χ0) is 19.1. The van der Waals surface area contributed by atoms with Crippen molar-refractivity contribution < 1.29 is 14.3 Å². The molecular weight excluding hydrogens is 372 g/mol. The third-order valence-corrected chi connectivity index (χ3v) is 6.32. The largest absolute Gasteiger partial charge is 0.347 e. The Hall–Kier alpha value is -2.28. The first-order chi connectivity index (χ1) is 13.6. The normalized spacial score (nSPS) is 18.8. The van der Waals surface area contributed by atoms with Crippen LogP contribution >= 0.6 is 11.3 Å². The smallest absolute Gasteiger partial charge is 0.254 e. The Morgan fingerprint density at radius 3 is 2.64 bits per heavy atom. The summed E-state index contributed by atoms with van der Waals surface area (Å²) in [6, 6.07) is 10.1. The molecule has 5 rings (SSSR count). The van der Waals surface area contributed by atoms with Gasteiger partial charge in [-0.25, -0.2) is 4.98 Å². The number of amides is 1. The number of thiophene rings is 1. The van der Waals surface area contributed by atoms with Crippen LogP contribution in [-0.4, -0.2) is 47.9 Å². The van der Waals surface area contributed by atoms with Crippen molar-refractivity contribution in [3.05, 3.63) is 52.2 Å². The van der Waals surface area contributed by atoms with Crippen molar-refractivity contribution >= 4 is 28.1 Å². The fourth-order valence-electron chi connectivity index (χ4n) is 4.08. The summed E-state index contributed by atoms with van der Waals surface area (Å²) in [5.41, 5.74) is 4.59. The van der Waals surface area contributed by atoms with Crippen LogP contribution in [0, 0.1) is 6.92 Å². The van der Waals surface area contributed by atoms with Crippen LogP contribution in [-0.2, 0) is 9.47 Å². The zero-order valence-corrected chi connectivity index (χ0v) is 16.6. The van der Waals surface area contributed by atoms with E-state index in [1.54, 1.807) is 11.3 Å². The molecule has 0 saturated carbocycles. The van der Waals surface area contributed by atoms with Crippen molar-refractivity contribution in [1.29, 1.82) is 0 Å². The van der Waals surface area contributed by atoms with Gasteiger partial charge in [0, 0.05) is 42.3 Å². The summed E-state index contributed by atoms with van der Waals surface area (Å²) in [7, 11) is 0. The van der Waals surface area contributed by atoms with Gasteiger partial charge in [-0.2, -0.15) is 11.3 Å². The average molecular weight is 394 g/mol. The SMILES string of the molecule is Cc1ccc2nc(-c3ccsc3)cc(C(=O)N3CCC4(CC3)OCCO4)c2c1. The van der Waals surface area contributed by atoms with E-state index >= 15 is 0 Å². The number of aryl methyl sites for hydroxylation is 1. The Bertz CT molecular complexity index is 1020. The van der Waals surface area contributed by atoms with Crippen LogP contribution in [0.15, 0.2) is 41.1 Å². The topological polar surface area (TPSA) is 51.7 Å². The number of pyridine rings is 1. The highest BCUT2D eigenvalue weighted by Gasteiger charge is 2.41. The van der Waals surface area contributed by atoms with Gasteiger partial charge < -0.3 is 14.4 Å². The molecule has 3 aromatic rings. The molecule has 1 spiro atoms. The first-order valence-corrected chi connectivity index (χ1v) is 10.6. The number of hydrogen-bond acceptors (Lipinski definition) is 5. The molecule has 1 amide bonds. The van der Waals surface area contributed by atoms with Gasteiger partial charge in [0.25, 0.3) is 5.91 Å². The van der Waals surface area contributed by atoms with Gasteiger partial charge in [-0.3, -0.25) is 4.79 Å². The van der Waals surface area contributed by atoms with Crippen LogP contribution in [0.5, 0.6) is 0 Å². The van der Waals surface area contributed by atoms with Gasteiger partial charge in [-0.1, -0.05) is 11.6 Å². The van der Waals surface area contributed by atoms with E-state index in [-0.39, 0.29) is 5.91 Å². The summed E-state index contributed by atoms with van der Waals surface area (Å²) < 4.78 is 11.6. The van der Waals surface area contributed by atoms with E-state index in [0.717, 1.165) is 46.1 Å². The van der Waals surface area contributed by atoms with E-state index in [1.807, 2.05) is 41.5 Å². The number of fused-ring (bicyclic) bond motifs is 1. The second kappa shape index (κ2) is 6.95. The lowest BCUT2D eigenvalue weighted by atomic mass is 9.99. The summed E-state index contributed by atoms with van der Waals surface area (Å²) in [6.07, 6.45) is 1.44. The van der Waals surface area contributed by atoms with Crippen molar-refractivity contribution in [2.45, 2.75) is 25.6 Å². The monoisotopic (exact) mass is 394 g/mol. The molecule has 4 heterocycles. The number of piperidine rings is 1. The minimum atomic E-state index is -0.477. The maximum absolute atomic E-state index is 13.5. The summed E-state index contributed by atoms with van der Waals surface area (Å²) >= 11 is 1.63. The third kappa shape index (κ3) is 3.11. The van der Waals surface area contributed by atoms with Crippen molar-refractivity contribution in [2.24, 2.45) is 0 Å². The molecule has 0 atom stereocenters. The number of ether oxygens (including phenoxy) is 2. The first-order valence-electron chi connectivity index (χ1n) is 9.65. The van der Waals surface area contributed by atoms with E-state index < -0.39 is 5.79 Å². The molecule has 0 bridgehead atoms. The number of carbonyl (C=O) groups excluding carboxylic acids is 1. The van der Waals surface area contributed by atoms with Gasteiger partial charge >= 0.3 is 0 Å². The quantitative estimate of drug-likeness (QED) is 0.652. The van der Waals surface area contributed by atoms with Crippen LogP contribution in [0.2, 0.25) is 0 Å². The fourth-order valence-corrected chi connectivity index (χ4v) is 4.73. The molecule has 5 nitrogen and oxygen atoms in total. The molecule has 2 aliphatic rings. The summed E-state index contributed by atoms with van der Waals surface area (Å²) in [5, 5.41) is 5.01. The van der Waals surface area contributed by atoms with Gasteiger partial charge in [-0.15, -0.1) is 0 Å². The predicted molar refractivity (Wildman–Crippen MR) is 110 cm³/mol. The van der Waals surface area contributed by atoms with Crippen molar-refractivity contribution in [2.75, 3.05) is 26.3 Å². The molecule has 1 aromatic carbocycles. The Morgan fingerprint density at radius 2 is 1.93 bits per heavy atom. The number of carbonyl (C=O) groups is 1. The zero-order valence-electron chi connectivity index (χ0n) is 15.8. The Kier molecular flexibility index (Phi) is 4.42. The van der Waals surface area contributed by atoms with E-state index in [4.69, 9.17) is 14.5 Å². The number of rotatable bonds is 2. The highest BCUT2D eigenvalue weighted by molar-refractivity contribution is 7.08. The predicted octanol–water partition coefficient (Wildman–Crippen LogP) is 4.25. The number of hydrogen-bond donors (Lipinski definition) is 0. The summed E-state index contributed by atoms with van der Waals surface area (Å²) in [6.45, 7) is 4.61. The van der Waals surface area contributed by atoms with Gasteiger partial charge in [-0.05, 0) is 36.6 Å². The lowest BCUT2D eigenvalue weighted by molar-refractivity contribution is -0.181. The third-order valence-electron chi connectivity index (χ3n) is 5.64. The number of likely N-dealkylation sites (tertiary alicyclic amines) is 1. The molecule has 28 heavy (non-hydrogen) atoms. The molecule has 144 valence electrons. The maximum Gasteiger partial charge on any atom is 0.254 e. The molecule has 0 unspecified atom stereocenters. The molecule has 2 fully saturated rings. The Morgan fingerprint density at radius 1 is 1.14 bits per heavy atom. The molecule has 2 aromatic heterocycles. The Balaban J connectivity index is 1.51. The van der Waals surface area contributed by atoms with E-state index in [1.165, 1.54) is 0 Å². The van der Waals surface area contributed by atoms with E-state index in [0.29, 0.717) is 26.3 Å². The molecule has 0 radical (unpaired) electrons. The Labute approximate surface area is 167 Å². The molecular formula is C22H22N2O3S. The van der Waals surface area contributed by atoms with Gasteiger partial charge in [0.05, 0.1) is 30.0 Å². The summed E-state index contributed by atoms with van der Waals surface area (Å²) in [4.78, 5) is 20.2. The van der Waals surface area contributed by atoms with Crippen molar-refractivity contribution in [1.82, 2.24) is 9.88 Å². The van der Waals surface area contributed by atoms with E-state index in [2.05, 4.69) is 11.4 Å². The fraction of sp³-hybridized carbons (Fsp3) is 0.364. The van der Waals surface area contributed by atoms with Crippen LogP contribution in [0.25, 0.3) is 22.2 Å². The van der Waals surface area contributed by atoms with Gasteiger partial charge in [0.1, 0.15) is 0 Å². The molecule has 6 heteroatoms. The summed E-state index contributed by atoms with van der Waals surface area (Å²) in [5.74, 6) is -0.419. The minimum Gasteiger partial charge on any atom is -0.347 e. The first kappa shape index (κ1) is 17.8. The van der Waals surface area contributed by atoms with Crippen LogP contribution in [0.4, 0.5) is 0 Å². The number of benzene rings is 1. The van der Waals surface area contributed by atoms with Crippen LogP contribution in [0.1, 0.15) is 28.8 Å². The van der Waals surface area contributed by atoms with E-state index in [9.17, 15) is 4.79 Å². The lowest BCUT2D eigenvalue weighted by Crippen LogP contribution is -2.47. The highest BCUT2D eigenvalue weighted by Crippen LogP contribution is 2.33. The highest BCUT2D eigenvalue weighted by atomic mass is 32.1. The van der Waals surface area contributed by atoms with Crippen molar-refractivity contribution in [3.8, 4) is 11.3 Å². The molecule has 2 saturated heterocycles. The lowest BCUT2D eigenvalue weighted by Gasteiger charge is -2.37. The maximum atomic E-state index is 13.5. The minimum absolute atomic E-state index is 0.0577. The van der Waals surface area contributed by atoms with Gasteiger partial charge in [0.2, 0.25) is 0 Å². The molecule has 0 N–H and O–H groups in total. The average Bonchev–Trinajstić information content (AvgIpc) is 3.40. The second-order valence-electron chi connectivity index (χ2n) is 7.49. The van der Waals surface area contributed by atoms with Crippen molar-refractivity contribution in [3.63, 3.8) is 0 Å². The number of aromatic nitrogens is 1. The second-order valence-corrected chi connectivity index (χ2v) is 8.27. The standard InChI is InChI=1S/C22H22N2O3S/c1-15-2-3-19-17(12-15)18(13-20(23-19)16-4-11-28-14-16)21(25)24-7-5-22(6-8-24)26-9-10-27-22/h2-4,11-14H,5-10H2,1H3.